The smallest absolute Gasteiger partial charge is 0.317 e. The summed E-state index contributed by atoms with van der Waals surface area (Å²) in [5.41, 5.74) is 0.963. The lowest BCUT2D eigenvalue weighted by molar-refractivity contribution is 0.0809. The first-order valence-electron chi connectivity index (χ1n) is 12.1. The van der Waals surface area contributed by atoms with E-state index < -0.39 is 28.0 Å². The Bertz CT molecular complexity index is 1290. The van der Waals surface area contributed by atoms with Crippen LogP contribution < -0.4 is 10.1 Å². The molecule has 0 bridgehead atoms. The number of hydrogen-bond acceptors (Lipinski definition) is 5. The number of urea groups is 1. The van der Waals surface area contributed by atoms with Gasteiger partial charge in [-0.15, -0.1) is 0 Å². The number of likely N-dealkylation sites (N-methyl/N-ethyl adjacent to an activating group) is 1. The van der Waals surface area contributed by atoms with E-state index in [2.05, 4.69) is 17.2 Å². The molecule has 8 nitrogen and oxygen atoms in total. The van der Waals surface area contributed by atoms with Crippen molar-refractivity contribution in [1.29, 1.82) is 0 Å². The minimum absolute atomic E-state index is 0.0448. The first-order valence-corrected chi connectivity index (χ1v) is 13.6. The summed E-state index contributed by atoms with van der Waals surface area (Å²) in [6.07, 6.45) is -0.544. The van der Waals surface area contributed by atoms with Crippen LogP contribution in [0.4, 0.5) is 9.18 Å². The van der Waals surface area contributed by atoms with Crippen molar-refractivity contribution in [1.82, 2.24) is 14.5 Å². The van der Waals surface area contributed by atoms with E-state index in [0.29, 0.717) is 11.1 Å². The van der Waals surface area contributed by atoms with Crippen molar-refractivity contribution in [2.45, 2.75) is 50.8 Å². The Labute approximate surface area is 218 Å². The van der Waals surface area contributed by atoms with Gasteiger partial charge in [-0.1, -0.05) is 24.8 Å². The highest BCUT2D eigenvalue weighted by Crippen LogP contribution is 2.34. The van der Waals surface area contributed by atoms with E-state index in [4.69, 9.17) is 4.74 Å². The number of amides is 2. The lowest BCUT2D eigenvalue weighted by Gasteiger charge is -2.37. The molecular weight excluding hydrogens is 497 g/mol. The number of aliphatic hydroxyl groups is 1. The summed E-state index contributed by atoms with van der Waals surface area (Å²) >= 11 is 0. The second-order valence-corrected chi connectivity index (χ2v) is 11.5. The van der Waals surface area contributed by atoms with Gasteiger partial charge in [-0.25, -0.2) is 17.6 Å². The number of rotatable bonds is 5. The quantitative estimate of drug-likeness (QED) is 0.578. The molecule has 0 saturated heterocycles. The lowest BCUT2D eigenvalue weighted by Crippen LogP contribution is -2.51. The standard InChI is InChI=1S/C27H34FN3O5S/c1-18(2)29-27(33)30(5)16-25-19(3)15-31(20(4)17-32)37(34,35)26-12-11-22(14-24(26)36-25)10-9-21-7-6-8-23(28)13-21/h6-8,11-14,18-20,25,32H,15-17H2,1-5H3,(H,29,33)/t19-,20+,25+/m1/s1. The van der Waals surface area contributed by atoms with Crippen molar-refractivity contribution in [3.8, 4) is 17.6 Å². The van der Waals surface area contributed by atoms with Gasteiger partial charge < -0.3 is 20.1 Å². The average molecular weight is 532 g/mol. The highest BCUT2D eigenvalue weighted by molar-refractivity contribution is 7.89. The summed E-state index contributed by atoms with van der Waals surface area (Å²) in [5, 5.41) is 12.6. The number of halogens is 1. The number of nitrogens with zero attached hydrogens (tertiary/aromatic N) is 2. The van der Waals surface area contributed by atoms with Gasteiger partial charge in [0.1, 0.15) is 22.6 Å². The molecule has 0 spiro atoms. The van der Waals surface area contributed by atoms with Crippen molar-refractivity contribution in [2.75, 3.05) is 26.7 Å². The number of aliphatic hydroxyl groups excluding tert-OH is 1. The summed E-state index contributed by atoms with van der Waals surface area (Å²) in [6.45, 7) is 7.19. The molecule has 2 aromatic rings. The molecule has 2 aromatic carbocycles. The summed E-state index contributed by atoms with van der Waals surface area (Å²) in [6, 6.07) is 9.44. The number of carbonyl (C=O) groups is 1. The molecule has 37 heavy (non-hydrogen) atoms. The molecule has 1 heterocycles. The third-order valence-electron chi connectivity index (χ3n) is 6.06. The predicted molar refractivity (Wildman–Crippen MR) is 139 cm³/mol. The molecule has 0 saturated carbocycles. The zero-order valence-electron chi connectivity index (χ0n) is 21.7. The highest BCUT2D eigenvalue weighted by atomic mass is 32.2. The molecule has 2 N–H and O–H groups in total. The Kier molecular flexibility index (Phi) is 9.18. The number of fused-ring (bicyclic) bond motifs is 1. The molecule has 3 atom stereocenters. The normalized spacial score (nSPS) is 19.9. The van der Waals surface area contributed by atoms with Crippen LogP contribution in [0.15, 0.2) is 47.4 Å². The zero-order valence-corrected chi connectivity index (χ0v) is 22.5. The van der Waals surface area contributed by atoms with Gasteiger partial charge in [0.25, 0.3) is 0 Å². The molecule has 0 radical (unpaired) electrons. The number of carbonyl (C=O) groups excluding carboxylic acids is 1. The molecule has 0 aliphatic carbocycles. The van der Waals surface area contributed by atoms with Crippen LogP contribution in [0.1, 0.15) is 38.8 Å². The van der Waals surface area contributed by atoms with E-state index in [-0.39, 0.29) is 48.3 Å². The SMILES string of the molecule is CC(C)NC(=O)N(C)C[C@@H]1Oc2cc(C#Cc3cccc(F)c3)ccc2S(=O)(=O)N([C@@H](C)CO)C[C@H]1C. The Morgan fingerprint density at radius 1 is 1.22 bits per heavy atom. The summed E-state index contributed by atoms with van der Waals surface area (Å²) in [5.74, 6) is 5.21. The third-order valence-corrected chi connectivity index (χ3v) is 8.08. The minimum atomic E-state index is -4.00. The number of sulfonamides is 1. The number of hydrogen-bond donors (Lipinski definition) is 2. The fourth-order valence-corrected chi connectivity index (χ4v) is 5.77. The molecular formula is C27H34FN3O5S. The maximum absolute atomic E-state index is 13.6. The van der Waals surface area contributed by atoms with Crippen molar-refractivity contribution < 1.29 is 27.4 Å². The summed E-state index contributed by atoms with van der Waals surface area (Å²) in [7, 11) is -2.35. The van der Waals surface area contributed by atoms with Crippen molar-refractivity contribution in [2.24, 2.45) is 5.92 Å². The number of ether oxygens (including phenoxy) is 1. The molecule has 0 fully saturated rings. The van der Waals surface area contributed by atoms with Crippen LogP contribution in [0.3, 0.4) is 0 Å². The van der Waals surface area contributed by atoms with Gasteiger partial charge in [-0.3, -0.25) is 0 Å². The molecule has 2 amide bonds. The van der Waals surface area contributed by atoms with Crippen LogP contribution in [0, 0.1) is 23.6 Å². The van der Waals surface area contributed by atoms with Gasteiger partial charge in [0, 0.05) is 42.7 Å². The summed E-state index contributed by atoms with van der Waals surface area (Å²) in [4.78, 5) is 14.0. The molecule has 0 unspecified atom stereocenters. The monoisotopic (exact) mass is 531 g/mol. The molecule has 1 aliphatic heterocycles. The minimum Gasteiger partial charge on any atom is -0.487 e. The average Bonchev–Trinajstić information content (AvgIpc) is 2.83. The first-order chi connectivity index (χ1) is 17.4. The van der Waals surface area contributed by atoms with E-state index in [9.17, 15) is 22.7 Å². The van der Waals surface area contributed by atoms with Crippen LogP contribution in [-0.4, -0.2) is 73.7 Å². The predicted octanol–water partition coefficient (Wildman–Crippen LogP) is 3.04. The van der Waals surface area contributed by atoms with Crippen LogP contribution in [-0.2, 0) is 10.0 Å². The number of nitrogens with one attached hydrogen (secondary N) is 1. The Morgan fingerprint density at radius 2 is 1.89 bits per heavy atom. The summed E-state index contributed by atoms with van der Waals surface area (Å²) < 4.78 is 48.2. The topological polar surface area (TPSA) is 99.2 Å². The van der Waals surface area contributed by atoms with E-state index in [1.165, 1.54) is 27.4 Å². The first kappa shape index (κ1) is 28.4. The number of benzene rings is 2. The Morgan fingerprint density at radius 3 is 2.51 bits per heavy atom. The van der Waals surface area contributed by atoms with Crippen LogP contribution in [0.5, 0.6) is 5.75 Å². The highest BCUT2D eigenvalue weighted by Gasteiger charge is 2.38. The maximum atomic E-state index is 13.6. The van der Waals surface area contributed by atoms with E-state index in [1.54, 1.807) is 38.2 Å². The van der Waals surface area contributed by atoms with Crippen molar-refractivity contribution in [3.63, 3.8) is 0 Å². The fourth-order valence-electron chi connectivity index (χ4n) is 3.94. The molecule has 1 aliphatic rings. The van der Waals surface area contributed by atoms with E-state index in [0.717, 1.165) is 0 Å². The lowest BCUT2D eigenvalue weighted by atomic mass is 10.0. The maximum Gasteiger partial charge on any atom is 0.317 e. The molecule has 0 aromatic heterocycles. The van der Waals surface area contributed by atoms with Gasteiger partial charge in [0.15, 0.2) is 0 Å². The van der Waals surface area contributed by atoms with Gasteiger partial charge in [0.2, 0.25) is 10.0 Å². The molecule has 10 heteroatoms. The second-order valence-electron chi connectivity index (χ2n) is 9.65. The second kappa shape index (κ2) is 11.9. The molecule has 200 valence electrons. The third kappa shape index (κ3) is 7.01. The van der Waals surface area contributed by atoms with Crippen molar-refractivity contribution >= 4 is 16.1 Å². The Hall–Kier alpha value is -3.13. The van der Waals surface area contributed by atoms with Crippen molar-refractivity contribution in [3.05, 3.63) is 59.4 Å². The van der Waals surface area contributed by atoms with Crippen LogP contribution in [0.2, 0.25) is 0 Å². The Balaban J connectivity index is 2.03. The van der Waals surface area contributed by atoms with Gasteiger partial charge in [-0.2, -0.15) is 4.31 Å². The van der Waals surface area contributed by atoms with Gasteiger partial charge in [0.05, 0.1) is 13.2 Å². The van der Waals surface area contributed by atoms with Crippen LogP contribution in [0.25, 0.3) is 0 Å². The van der Waals surface area contributed by atoms with Gasteiger partial charge in [-0.05, 0) is 57.2 Å². The largest absolute Gasteiger partial charge is 0.487 e. The fraction of sp³-hybridized carbons (Fsp3) is 0.444. The molecule has 3 rings (SSSR count). The van der Waals surface area contributed by atoms with E-state index in [1.807, 2.05) is 20.8 Å². The van der Waals surface area contributed by atoms with Gasteiger partial charge >= 0.3 is 6.03 Å². The zero-order chi connectivity index (χ0) is 27.3. The van der Waals surface area contributed by atoms with Crippen LogP contribution >= 0.6 is 0 Å². The van der Waals surface area contributed by atoms with E-state index >= 15 is 0 Å².